The molecule has 376 valence electrons. The molecule has 0 fully saturated rings. The SMILES string of the molecule is CCc1c(S(=O)(=O)NCP(=O)(O)Oc2ccc(C#N)c(F)c2)sc2c(F)c(OCCNC(=O)c3ccc(CC(=O)O)c(CC(=O)O)c3)c(OCCNC(=O)c3ccc(CC(=O)O)c(CC(=O)O)c3)c(F)c12. The second kappa shape index (κ2) is 23.4. The van der Waals surface area contributed by atoms with Crippen LogP contribution < -0.4 is 29.4 Å². The number of fused-ring (bicyclic) bond motifs is 1. The van der Waals surface area contributed by atoms with Crippen LogP contribution in [0.25, 0.3) is 10.1 Å². The van der Waals surface area contributed by atoms with Crippen molar-refractivity contribution in [2.24, 2.45) is 0 Å². The van der Waals surface area contributed by atoms with Gasteiger partial charge in [-0.1, -0.05) is 19.1 Å². The highest BCUT2D eigenvalue weighted by molar-refractivity contribution is 7.92. The standard InChI is InChI=1S/C44H40F3N4O17PS2/c1-2-30-36-37(46)39(66-11-9-49-42(60)24-5-3-22(15-32(52)53)27(13-24)17-34(56)57)40(67-12-10-50-43(61)25-6-4-23(16-33(54)55)28(14-25)18-35(58)59)38(47)41(36)70-44(30)71(64,65)51-21-69(62,63)68-29-8-7-26(20-48)31(45)19-29/h3-8,13-14,19,51H,2,9-12,15-18,21H2,1H3,(H,49,60)(H,50,61)(H,52,53)(H,54,55)(H,56,57)(H,58,59)(H,62,63). The van der Waals surface area contributed by atoms with Gasteiger partial charge in [0.25, 0.3) is 21.8 Å². The number of thiophene rings is 1. The van der Waals surface area contributed by atoms with Gasteiger partial charge in [-0.3, -0.25) is 28.8 Å². The number of carbonyl (C=O) groups is 6. The molecule has 0 spiro atoms. The molecule has 21 nitrogen and oxygen atoms in total. The number of carbonyl (C=O) groups excluding carboxylic acids is 2. The summed E-state index contributed by atoms with van der Waals surface area (Å²) in [6, 6.07) is 11.4. The predicted molar refractivity (Wildman–Crippen MR) is 242 cm³/mol. The number of sulfonamides is 1. The largest absolute Gasteiger partial charge is 0.485 e. The lowest BCUT2D eigenvalue weighted by Gasteiger charge is -2.17. The van der Waals surface area contributed by atoms with Gasteiger partial charge in [0, 0.05) is 22.6 Å². The van der Waals surface area contributed by atoms with Crippen LogP contribution in [-0.2, 0) is 65.9 Å². The number of nitrogens with zero attached hydrogens (tertiary/aromatic N) is 1. The molecule has 0 aliphatic heterocycles. The third-order valence-electron chi connectivity index (χ3n) is 9.93. The lowest BCUT2D eigenvalue weighted by Crippen LogP contribution is -2.29. The zero-order valence-electron chi connectivity index (χ0n) is 36.7. The van der Waals surface area contributed by atoms with Gasteiger partial charge in [0.15, 0.2) is 11.6 Å². The number of carboxylic acid groups (broad SMARTS) is 4. The predicted octanol–water partition coefficient (Wildman–Crippen LogP) is 4.38. The van der Waals surface area contributed by atoms with Crippen molar-refractivity contribution in [3.63, 3.8) is 0 Å². The van der Waals surface area contributed by atoms with E-state index < -0.39 is 166 Å². The molecule has 0 aliphatic rings. The van der Waals surface area contributed by atoms with Crippen molar-refractivity contribution in [2.75, 3.05) is 32.6 Å². The molecule has 1 aromatic heterocycles. The molecule has 0 radical (unpaired) electrons. The van der Waals surface area contributed by atoms with Gasteiger partial charge >= 0.3 is 31.5 Å². The molecule has 71 heavy (non-hydrogen) atoms. The summed E-state index contributed by atoms with van der Waals surface area (Å²) in [5.74, 6) is -12.9. The first kappa shape index (κ1) is 54.4. The molecule has 1 heterocycles. The zero-order valence-corrected chi connectivity index (χ0v) is 39.3. The van der Waals surface area contributed by atoms with E-state index in [0.29, 0.717) is 6.07 Å². The maximum Gasteiger partial charge on any atom is 0.391 e. The minimum absolute atomic E-state index is 0.0432. The normalized spacial score (nSPS) is 12.1. The number of ether oxygens (including phenoxy) is 2. The summed E-state index contributed by atoms with van der Waals surface area (Å²) < 4.78 is 105. The number of halogens is 3. The second-order valence-electron chi connectivity index (χ2n) is 15.0. The number of aryl methyl sites for hydroxylation is 1. The molecule has 27 heteroatoms. The maximum absolute atomic E-state index is 16.8. The molecule has 1 unspecified atom stereocenters. The molecule has 8 N–H and O–H groups in total. The van der Waals surface area contributed by atoms with Crippen LogP contribution in [0.4, 0.5) is 13.2 Å². The number of nitrogens with one attached hydrogen (secondary N) is 3. The minimum Gasteiger partial charge on any atom is -0.485 e. The van der Waals surface area contributed by atoms with Crippen LogP contribution >= 0.6 is 18.9 Å². The van der Waals surface area contributed by atoms with Crippen molar-refractivity contribution in [2.45, 2.75) is 43.2 Å². The Hall–Kier alpha value is -7.56. The first-order valence-electron chi connectivity index (χ1n) is 20.5. The Bertz CT molecular complexity index is 3160. The van der Waals surface area contributed by atoms with E-state index in [4.69, 9.17) is 19.3 Å². The Morgan fingerprint density at radius 1 is 0.718 bits per heavy atom. The molecule has 4 aromatic carbocycles. The molecule has 5 rings (SSSR count). The average molecular weight is 1050 g/mol. The summed E-state index contributed by atoms with van der Waals surface area (Å²) in [5.41, 5.74) is -0.545. The van der Waals surface area contributed by atoms with E-state index in [9.17, 15) is 71.5 Å². The second-order valence-corrected chi connectivity index (χ2v) is 19.7. The summed E-state index contributed by atoms with van der Waals surface area (Å²) in [6.07, 6.45) is -3.88. The van der Waals surface area contributed by atoms with Gasteiger partial charge < -0.3 is 50.0 Å². The van der Waals surface area contributed by atoms with Crippen molar-refractivity contribution >= 4 is 74.7 Å². The van der Waals surface area contributed by atoms with Crippen molar-refractivity contribution in [3.05, 3.63) is 117 Å². The third kappa shape index (κ3) is 14.0. The fourth-order valence-electron chi connectivity index (χ4n) is 6.81. The topological polar surface area (TPSA) is 342 Å². The van der Waals surface area contributed by atoms with Crippen LogP contribution in [0, 0.1) is 28.8 Å². The Morgan fingerprint density at radius 2 is 1.20 bits per heavy atom. The lowest BCUT2D eigenvalue weighted by molar-refractivity contribution is -0.137. The fraction of sp³-hybridized carbons (Fsp3) is 0.250. The number of nitriles is 1. The number of hydrogen-bond donors (Lipinski definition) is 8. The van der Waals surface area contributed by atoms with E-state index in [1.54, 1.807) is 6.07 Å². The highest BCUT2D eigenvalue weighted by Crippen LogP contribution is 2.47. The Morgan fingerprint density at radius 3 is 1.65 bits per heavy atom. The highest BCUT2D eigenvalue weighted by atomic mass is 32.2. The van der Waals surface area contributed by atoms with E-state index >= 15 is 8.78 Å². The quantitative estimate of drug-likeness (QED) is 0.0297. The van der Waals surface area contributed by atoms with Crippen molar-refractivity contribution in [1.82, 2.24) is 15.4 Å². The van der Waals surface area contributed by atoms with Crippen molar-refractivity contribution < 1.29 is 94.2 Å². The lowest BCUT2D eigenvalue weighted by atomic mass is 9.98. The molecule has 5 aromatic rings. The molecule has 0 saturated heterocycles. The monoisotopic (exact) mass is 1050 g/mol. The van der Waals surface area contributed by atoms with Crippen molar-refractivity contribution in [1.29, 1.82) is 5.26 Å². The summed E-state index contributed by atoms with van der Waals surface area (Å²) in [6.45, 7) is -0.714. The van der Waals surface area contributed by atoms with Gasteiger partial charge in [-0.25, -0.2) is 26.2 Å². The van der Waals surface area contributed by atoms with E-state index in [1.807, 2.05) is 4.72 Å². The maximum atomic E-state index is 16.8. The number of benzene rings is 4. The van der Waals surface area contributed by atoms with Crippen LogP contribution in [-0.4, -0.2) is 102 Å². The Kier molecular flexibility index (Phi) is 17.9. The summed E-state index contributed by atoms with van der Waals surface area (Å²) in [4.78, 5) is 82.0. The molecular weight excluding hydrogens is 1010 g/mol. The molecule has 1 atom stereocenters. The number of aliphatic carboxylic acids is 4. The molecule has 0 bridgehead atoms. The van der Waals surface area contributed by atoms with Crippen LogP contribution in [0.15, 0.2) is 58.8 Å². The van der Waals surface area contributed by atoms with Crippen LogP contribution in [0.1, 0.15) is 61.0 Å². The summed E-state index contributed by atoms with van der Waals surface area (Å²) in [5, 5.41) is 50.2. The smallest absolute Gasteiger partial charge is 0.391 e. The molecule has 0 aliphatic carbocycles. The van der Waals surface area contributed by atoms with Gasteiger partial charge in [0.1, 0.15) is 41.3 Å². The number of hydrogen-bond acceptors (Lipinski definition) is 14. The van der Waals surface area contributed by atoms with E-state index in [1.165, 1.54) is 43.3 Å². The van der Waals surface area contributed by atoms with Crippen molar-refractivity contribution in [3.8, 4) is 23.3 Å². The Balaban J connectivity index is 1.42. The van der Waals surface area contributed by atoms with Gasteiger partial charge in [-0.05, 0) is 70.6 Å². The van der Waals surface area contributed by atoms with Gasteiger partial charge in [-0.15, -0.1) is 11.3 Å². The first-order valence-corrected chi connectivity index (χ1v) is 24.6. The van der Waals surface area contributed by atoms with Gasteiger partial charge in [0.2, 0.25) is 11.5 Å². The number of carboxylic acids is 4. The summed E-state index contributed by atoms with van der Waals surface area (Å²) in [7, 11) is -9.87. The van der Waals surface area contributed by atoms with E-state index in [0.717, 1.165) is 12.1 Å². The first-order chi connectivity index (χ1) is 33.4. The number of rotatable bonds is 25. The minimum atomic E-state index is -4.96. The molecule has 0 saturated carbocycles. The van der Waals surface area contributed by atoms with E-state index in [-0.39, 0.29) is 56.7 Å². The summed E-state index contributed by atoms with van der Waals surface area (Å²) >= 11 is 0.202. The zero-order chi connectivity index (χ0) is 52.4. The fourth-order valence-corrected chi connectivity index (χ4v) is 11.3. The average Bonchev–Trinajstić information content (AvgIpc) is 3.70. The van der Waals surface area contributed by atoms with E-state index in [2.05, 4.69) is 10.6 Å². The van der Waals surface area contributed by atoms with Crippen LogP contribution in [0.5, 0.6) is 17.2 Å². The Labute approximate surface area is 404 Å². The molecular formula is C44H40F3N4O17PS2. The molecule has 2 amide bonds. The highest BCUT2D eigenvalue weighted by Gasteiger charge is 2.34. The van der Waals surface area contributed by atoms with Gasteiger partial charge in [0.05, 0.1) is 49.0 Å². The third-order valence-corrected chi connectivity index (χ3v) is 14.4. The van der Waals surface area contributed by atoms with Crippen LogP contribution in [0.3, 0.4) is 0 Å². The van der Waals surface area contributed by atoms with Gasteiger partial charge in [-0.2, -0.15) is 9.98 Å². The number of amides is 2. The van der Waals surface area contributed by atoms with Crippen LogP contribution in [0.2, 0.25) is 0 Å².